The fourth-order valence-corrected chi connectivity index (χ4v) is 3.08. The van der Waals surface area contributed by atoms with E-state index in [1.807, 2.05) is 18.2 Å². The number of benzene rings is 1. The lowest BCUT2D eigenvalue weighted by molar-refractivity contribution is -0.122. The van der Waals surface area contributed by atoms with E-state index in [9.17, 15) is 4.79 Å². The van der Waals surface area contributed by atoms with Gasteiger partial charge in [-0.25, -0.2) is 0 Å². The third-order valence-electron chi connectivity index (χ3n) is 4.01. The molecule has 1 aromatic carbocycles. The summed E-state index contributed by atoms with van der Waals surface area (Å²) in [5, 5.41) is 3.44. The summed E-state index contributed by atoms with van der Waals surface area (Å²) < 4.78 is 0. The van der Waals surface area contributed by atoms with Crippen LogP contribution in [-0.2, 0) is 11.2 Å². The van der Waals surface area contributed by atoms with Crippen LogP contribution in [0.4, 0.5) is 0 Å². The summed E-state index contributed by atoms with van der Waals surface area (Å²) in [4.78, 5) is 11.9. The predicted octanol–water partition coefficient (Wildman–Crippen LogP) is 2.25. The second-order valence-corrected chi connectivity index (χ2v) is 7.04. The third kappa shape index (κ3) is 2.66. The van der Waals surface area contributed by atoms with Gasteiger partial charge in [-0.1, -0.05) is 37.3 Å². The van der Waals surface area contributed by atoms with Crippen LogP contribution in [-0.4, -0.2) is 17.0 Å². The molecule has 3 nitrogen and oxygen atoms in total. The zero-order valence-corrected chi connectivity index (χ0v) is 12.3. The van der Waals surface area contributed by atoms with Crippen molar-refractivity contribution in [2.75, 3.05) is 0 Å². The number of rotatable bonds is 4. The van der Waals surface area contributed by atoms with E-state index in [2.05, 4.69) is 45.1 Å². The highest BCUT2D eigenvalue weighted by atomic mass is 16.1. The number of hydrogen-bond donors (Lipinski definition) is 2. The van der Waals surface area contributed by atoms with Crippen LogP contribution in [0.5, 0.6) is 0 Å². The molecule has 1 amide bonds. The molecule has 0 saturated heterocycles. The summed E-state index contributed by atoms with van der Waals surface area (Å²) in [5.41, 5.74) is 6.14. The number of amides is 1. The maximum atomic E-state index is 11.9. The molecular weight excluding hydrogens is 236 g/mol. The van der Waals surface area contributed by atoms with Gasteiger partial charge in [-0.05, 0) is 39.2 Å². The van der Waals surface area contributed by atoms with Crippen LogP contribution in [0.15, 0.2) is 30.3 Å². The van der Waals surface area contributed by atoms with Crippen molar-refractivity contribution >= 4 is 5.91 Å². The Morgan fingerprint density at radius 3 is 2.37 bits per heavy atom. The van der Waals surface area contributed by atoms with Crippen LogP contribution in [0.25, 0.3) is 0 Å². The molecule has 0 bridgehead atoms. The Bertz CT molecular complexity index is 477. The number of primary amides is 1. The molecule has 1 saturated carbocycles. The number of carbonyl (C=O) groups is 1. The number of nitrogens with two attached hydrogens (primary N) is 1. The number of nitrogens with one attached hydrogen (secondary N) is 1. The minimum atomic E-state index is -0.568. The van der Waals surface area contributed by atoms with Gasteiger partial charge in [-0.15, -0.1) is 0 Å². The Morgan fingerprint density at radius 2 is 1.89 bits per heavy atom. The minimum absolute atomic E-state index is 0.0898. The van der Waals surface area contributed by atoms with E-state index in [1.54, 1.807) is 0 Å². The normalized spacial score (nSPS) is 30.1. The van der Waals surface area contributed by atoms with Crippen LogP contribution in [0.2, 0.25) is 0 Å². The van der Waals surface area contributed by atoms with Crippen LogP contribution in [0, 0.1) is 5.41 Å². The number of hydrogen-bond acceptors (Lipinski definition) is 2. The molecule has 3 heteroatoms. The van der Waals surface area contributed by atoms with Crippen molar-refractivity contribution in [2.24, 2.45) is 11.1 Å². The molecule has 104 valence electrons. The summed E-state index contributed by atoms with van der Waals surface area (Å²) in [6.45, 7) is 8.35. The van der Waals surface area contributed by atoms with Gasteiger partial charge < -0.3 is 5.73 Å². The Morgan fingerprint density at radius 1 is 1.32 bits per heavy atom. The molecule has 0 aliphatic heterocycles. The van der Waals surface area contributed by atoms with Crippen molar-refractivity contribution in [2.45, 2.75) is 51.6 Å². The van der Waals surface area contributed by atoms with E-state index in [0.717, 1.165) is 12.8 Å². The summed E-state index contributed by atoms with van der Waals surface area (Å²) >= 11 is 0. The first-order chi connectivity index (χ1) is 8.69. The number of carbonyl (C=O) groups excluding carboxylic acids is 1. The molecular formula is C16H24N2O. The summed E-state index contributed by atoms with van der Waals surface area (Å²) in [7, 11) is 0. The van der Waals surface area contributed by atoms with E-state index in [0.29, 0.717) is 0 Å². The standard InChI is InChI=1S/C16H24N2O/c1-14(2,3)18-16(13(17)19)11-15(16,4)10-12-8-6-5-7-9-12/h5-9,18H,10-11H2,1-4H3,(H2,17,19)/t15-,16-/m0/s1. The molecule has 0 aromatic heterocycles. The highest BCUT2D eigenvalue weighted by Gasteiger charge is 2.68. The maximum absolute atomic E-state index is 11.9. The van der Waals surface area contributed by atoms with Crippen LogP contribution in [0.1, 0.15) is 39.7 Å². The van der Waals surface area contributed by atoms with Gasteiger partial charge in [0.1, 0.15) is 5.54 Å². The summed E-state index contributed by atoms with van der Waals surface area (Å²) in [6.07, 6.45) is 1.68. The first kappa shape index (κ1) is 14.1. The van der Waals surface area contributed by atoms with Gasteiger partial charge in [0.2, 0.25) is 5.91 Å². The van der Waals surface area contributed by atoms with E-state index in [4.69, 9.17) is 5.73 Å². The molecule has 1 aromatic rings. The largest absolute Gasteiger partial charge is 0.368 e. The molecule has 1 aliphatic carbocycles. The first-order valence-corrected chi connectivity index (χ1v) is 6.82. The summed E-state index contributed by atoms with van der Waals surface area (Å²) in [5.74, 6) is -0.235. The third-order valence-corrected chi connectivity index (χ3v) is 4.01. The van der Waals surface area contributed by atoms with Crippen molar-refractivity contribution in [3.05, 3.63) is 35.9 Å². The van der Waals surface area contributed by atoms with Gasteiger partial charge in [-0.3, -0.25) is 10.1 Å². The lowest BCUT2D eigenvalue weighted by atomic mass is 9.91. The fraction of sp³-hybridized carbons (Fsp3) is 0.562. The quantitative estimate of drug-likeness (QED) is 0.872. The highest BCUT2D eigenvalue weighted by molar-refractivity contribution is 5.90. The van der Waals surface area contributed by atoms with Gasteiger partial charge in [0, 0.05) is 11.0 Å². The molecule has 2 rings (SSSR count). The molecule has 19 heavy (non-hydrogen) atoms. The molecule has 1 fully saturated rings. The molecule has 0 spiro atoms. The van der Waals surface area contributed by atoms with Gasteiger partial charge >= 0.3 is 0 Å². The Kier molecular flexibility index (Phi) is 3.21. The van der Waals surface area contributed by atoms with E-state index in [1.165, 1.54) is 5.56 Å². The molecule has 3 N–H and O–H groups in total. The van der Waals surface area contributed by atoms with Crippen molar-refractivity contribution in [1.29, 1.82) is 0 Å². The average Bonchev–Trinajstić information content (AvgIpc) is 2.83. The Labute approximate surface area is 115 Å². The first-order valence-electron chi connectivity index (χ1n) is 6.82. The lowest BCUT2D eigenvalue weighted by Gasteiger charge is -2.30. The van der Waals surface area contributed by atoms with E-state index < -0.39 is 5.54 Å². The zero-order valence-electron chi connectivity index (χ0n) is 12.3. The molecule has 0 radical (unpaired) electrons. The highest BCUT2D eigenvalue weighted by Crippen LogP contribution is 2.58. The molecule has 2 atom stereocenters. The van der Waals surface area contributed by atoms with Crippen LogP contribution >= 0.6 is 0 Å². The topological polar surface area (TPSA) is 55.1 Å². The van der Waals surface area contributed by atoms with Crippen LogP contribution in [0.3, 0.4) is 0 Å². The Balaban J connectivity index is 2.19. The average molecular weight is 260 g/mol. The van der Waals surface area contributed by atoms with Crippen molar-refractivity contribution in [3.63, 3.8) is 0 Å². The minimum Gasteiger partial charge on any atom is -0.368 e. The Hall–Kier alpha value is -1.35. The van der Waals surface area contributed by atoms with Gasteiger partial charge in [0.15, 0.2) is 0 Å². The van der Waals surface area contributed by atoms with Crippen LogP contribution < -0.4 is 11.1 Å². The SMILES string of the molecule is CC(C)(C)N[C@]1(C(N)=O)C[C@]1(C)Cc1ccccc1. The lowest BCUT2D eigenvalue weighted by Crippen LogP contribution is -2.55. The monoisotopic (exact) mass is 260 g/mol. The summed E-state index contributed by atoms with van der Waals surface area (Å²) in [6, 6.07) is 10.3. The molecule has 0 heterocycles. The van der Waals surface area contributed by atoms with Gasteiger partial charge in [-0.2, -0.15) is 0 Å². The van der Waals surface area contributed by atoms with Crippen molar-refractivity contribution in [3.8, 4) is 0 Å². The predicted molar refractivity (Wildman–Crippen MR) is 77.7 cm³/mol. The van der Waals surface area contributed by atoms with Gasteiger partial charge in [0.05, 0.1) is 0 Å². The maximum Gasteiger partial charge on any atom is 0.238 e. The molecule has 0 unspecified atom stereocenters. The van der Waals surface area contributed by atoms with E-state index in [-0.39, 0.29) is 16.9 Å². The fourth-order valence-electron chi connectivity index (χ4n) is 3.08. The van der Waals surface area contributed by atoms with Crippen molar-refractivity contribution in [1.82, 2.24) is 5.32 Å². The molecule has 1 aliphatic rings. The van der Waals surface area contributed by atoms with E-state index >= 15 is 0 Å². The van der Waals surface area contributed by atoms with Crippen molar-refractivity contribution < 1.29 is 4.79 Å². The van der Waals surface area contributed by atoms with Gasteiger partial charge in [0.25, 0.3) is 0 Å². The smallest absolute Gasteiger partial charge is 0.238 e. The zero-order chi connectivity index (χ0) is 14.3. The second-order valence-electron chi connectivity index (χ2n) is 7.04. The second kappa shape index (κ2) is 4.34.